The Morgan fingerprint density at radius 1 is 1.62 bits per heavy atom. The summed E-state index contributed by atoms with van der Waals surface area (Å²) in [5.41, 5.74) is 5.49. The minimum atomic E-state index is -0.897. The fourth-order valence-corrected chi connectivity index (χ4v) is 0.996. The topological polar surface area (TPSA) is 72.2 Å². The van der Waals surface area contributed by atoms with E-state index in [0.29, 0.717) is 13.0 Å². The van der Waals surface area contributed by atoms with E-state index in [2.05, 4.69) is 5.32 Å². The molecule has 0 aromatic rings. The summed E-state index contributed by atoms with van der Waals surface area (Å²) in [5.74, 6) is -0.167. The minimum Gasteiger partial charge on any atom is -0.354 e. The highest BCUT2D eigenvalue weighted by molar-refractivity contribution is 7.84. The van der Waals surface area contributed by atoms with Crippen molar-refractivity contribution in [3.63, 3.8) is 0 Å². The lowest BCUT2D eigenvalue weighted by atomic mass is 10.2. The molecule has 0 heterocycles. The van der Waals surface area contributed by atoms with Gasteiger partial charge in [-0.15, -0.1) is 0 Å². The molecule has 0 radical (unpaired) electrons. The molecule has 0 bridgehead atoms. The molecule has 2 unspecified atom stereocenters. The summed E-state index contributed by atoms with van der Waals surface area (Å²) < 4.78 is 10.9. The molecule has 0 aliphatic carbocycles. The van der Waals surface area contributed by atoms with Crippen LogP contribution in [0.4, 0.5) is 0 Å². The predicted octanol–water partition coefficient (Wildman–Crippen LogP) is -0.393. The average molecular weight is 206 g/mol. The van der Waals surface area contributed by atoms with E-state index in [1.54, 1.807) is 6.26 Å². The van der Waals surface area contributed by atoms with Gasteiger partial charge in [-0.05, 0) is 13.3 Å². The predicted molar refractivity (Wildman–Crippen MR) is 54.8 cm³/mol. The minimum absolute atomic E-state index is 0.0204. The molecule has 4 nitrogen and oxygen atoms in total. The van der Waals surface area contributed by atoms with E-state index in [-0.39, 0.29) is 11.2 Å². The lowest BCUT2D eigenvalue weighted by Crippen LogP contribution is -2.43. The van der Waals surface area contributed by atoms with E-state index >= 15 is 0 Å². The molecule has 5 heteroatoms. The van der Waals surface area contributed by atoms with Crippen molar-refractivity contribution in [2.75, 3.05) is 12.8 Å². The van der Waals surface area contributed by atoms with E-state index in [1.807, 2.05) is 13.8 Å². The number of hydrogen-bond donors (Lipinski definition) is 2. The number of carbonyl (C=O) groups is 1. The van der Waals surface area contributed by atoms with Gasteiger partial charge in [0.05, 0.1) is 6.04 Å². The van der Waals surface area contributed by atoms with Crippen LogP contribution in [-0.4, -0.2) is 34.2 Å². The number of hydrogen-bond acceptors (Lipinski definition) is 3. The van der Waals surface area contributed by atoms with Crippen molar-refractivity contribution >= 4 is 16.7 Å². The fourth-order valence-electron chi connectivity index (χ4n) is 0.678. The Morgan fingerprint density at radius 2 is 2.15 bits per heavy atom. The summed E-state index contributed by atoms with van der Waals surface area (Å²) in [5, 5.41) is 2.64. The van der Waals surface area contributed by atoms with Crippen molar-refractivity contribution < 1.29 is 9.00 Å². The van der Waals surface area contributed by atoms with Crippen molar-refractivity contribution in [3.05, 3.63) is 0 Å². The number of rotatable bonds is 5. The zero-order valence-corrected chi connectivity index (χ0v) is 9.19. The summed E-state index contributed by atoms with van der Waals surface area (Å²) >= 11 is 0. The first kappa shape index (κ1) is 12.6. The Balaban J connectivity index is 3.76. The van der Waals surface area contributed by atoms with Gasteiger partial charge < -0.3 is 11.1 Å². The maximum absolute atomic E-state index is 11.2. The highest BCUT2D eigenvalue weighted by Crippen LogP contribution is 1.91. The summed E-state index contributed by atoms with van der Waals surface area (Å²) in [6, 6.07) is -0.447. The molecule has 0 saturated carbocycles. The molecule has 0 aromatic heterocycles. The molecule has 0 fully saturated rings. The normalized spacial score (nSPS) is 17.5. The van der Waals surface area contributed by atoms with Crippen LogP contribution in [0.2, 0.25) is 0 Å². The van der Waals surface area contributed by atoms with Crippen molar-refractivity contribution in [2.45, 2.75) is 31.6 Å². The van der Waals surface area contributed by atoms with Crippen LogP contribution in [0.5, 0.6) is 0 Å². The number of amides is 1. The molecule has 0 aromatic carbocycles. The van der Waals surface area contributed by atoms with Crippen molar-refractivity contribution in [3.8, 4) is 0 Å². The molecule has 1 amide bonds. The Hall–Kier alpha value is -0.420. The summed E-state index contributed by atoms with van der Waals surface area (Å²) in [6.45, 7) is 4.11. The second-order valence-corrected chi connectivity index (χ2v) is 4.87. The monoisotopic (exact) mass is 206 g/mol. The van der Waals surface area contributed by atoms with Gasteiger partial charge in [0.2, 0.25) is 5.91 Å². The van der Waals surface area contributed by atoms with Gasteiger partial charge in [0, 0.05) is 28.9 Å². The first-order valence-electron chi connectivity index (χ1n) is 4.34. The second kappa shape index (κ2) is 6.10. The van der Waals surface area contributed by atoms with Crippen LogP contribution < -0.4 is 11.1 Å². The number of nitrogens with two attached hydrogens (primary N) is 1. The van der Waals surface area contributed by atoms with E-state index in [1.165, 1.54) is 0 Å². The third-order valence-electron chi connectivity index (χ3n) is 1.91. The van der Waals surface area contributed by atoms with E-state index in [9.17, 15) is 9.00 Å². The Labute approximate surface area is 81.7 Å². The van der Waals surface area contributed by atoms with Crippen LogP contribution in [0, 0.1) is 0 Å². The van der Waals surface area contributed by atoms with E-state index in [0.717, 1.165) is 0 Å². The molecule has 3 N–H and O–H groups in total. The van der Waals surface area contributed by atoms with E-state index in [4.69, 9.17) is 5.73 Å². The molecular weight excluding hydrogens is 188 g/mol. The SMILES string of the molecule is CC[C@@H](N)C(=O)NCC(C)S(C)=O. The molecule has 0 aliphatic heterocycles. The van der Waals surface area contributed by atoms with Gasteiger partial charge in [0.15, 0.2) is 0 Å². The molecule has 78 valence electrons. The Kier molecular flexibility index (Phi) is 5.90. The molecule has 0 spiro atoms. The van der Waals surface area contributed by atoms with Crippen LogP contribution in [0.1, 0.15) is 20.3 Å². The van der Waals surface area contributed by atoms with Crippen LogP contribution in [-0.2, 0) is 15.6 Å². The summed E-state index contributed by atoms with van der Waals surface area (Å²) in [7, 11) is -0.897. The van der Waals surface area contributed by atoms with Gasteiger partial charge in [0.1, 0.15) is 0 Å². The zero-order chi connectivity index (χ0) is 10.4. The highest BCUT2D eigenvalue weighted by Gasteiger charge is 2.12. The quantitative estimate of drug-likeness (QED) is 0.643. The van der Waals surface area contributed by atoms with Crippen LogP contribution in [0.3, 0.4) is 0 Å². The summed E-state index contributed by atoms with van der Waals surface area (Å²) in [4.78, 5) is 11.2. The first-order valence-corrected chi connectivity index (χ1v) is 5.96. The third-order valence-corrected chi connectivity index (χ3v) is 3.21. The van der Waals surface area contributed by atoms with Crippen LogP contribution >= 0.6 is 0 Å². The number of carbonyl (C=O) groups excluding carboxylic acids is 1. The van der Waals surface area contributed by atoms with Crippen molar-refractivity contribution in [1.82, 2.24) is 5.32 Å². The first-order chi connectivity index (χ1) is 5.99. The zero-order valence-electron chi connectivity index (χ0n) is 8.37. The third kappa shape index (κ3) is 5.00. The second-order valence-electron chi connectivity index (χ2n) is 3.07. The standard InChI is InChI=1S/C8H18N2O2S/c1-4-7(9)8(11)10-5-6(2)13(3)12/h6-7H,4-5,9H2,1-3H3,(H,10,11)/t6?,7-,13?/m1/s1. The van der Waals surface area contributed by atoms with Gasteiger partial charge in [-0.3, -0.25) is 9.00 Å². The van der Waals surface area contributed by atoms with Gasteiger partial charge >= 0.3 is 0 Å². The summed E-state index contributed by atoms with van der Waals surface area (Å²) in [6.07, 6.45) is 2.24. The molecule has 13 heavy (non-hydrogen) atoms. The maximum atomic E-state index is 11.2. The van der Waals surface area contributed by atoms with Gasteiger partial charge in [-0.1, -0.05) is 6.92 Å². The number of nitrogens with one attached hydrogen (secondary N) is 1. The van der Waals surface area contributed by atoms with E-state index < -0.39 is 16.8 Å². The molecule has 3 atom stereocenters. The molecule has 0 aliphatic rings. The fraction of sp³-hybridized carbons (Fsp3) is 0.875. The van der Waals surface area contributed by atoms with Gasteiger partial charge in [-0.2, -0.15) is 0 Å². The van der Waals surface area contributed by atoms with Crippen molar-refractivity contribution in [2.24, 2.45) is 5.73 Å². The lowest BCUT2D eigenvalue weighted by molar-refractivity contribution is -0.122. The molecule has 0 saturated heterocycles. The molecule has 0 rings (SSSR count). The van der Waals surface area contributed by atoms with Crippen molar-refractivity contribution in [1.29, 1.82) is 0 Å². The van der Waals surface area contributed by atoms with Gasteiger partial charge in [-0.25, -0.2) is 0 Å². The largest absolute Gasteiger partial charge is 0.354 e. The smallest absolute Gasteiger partial charge is 0.236 e. The molecular formula is C8H18N2O2S. The van der Waals surface area contributed by atoms with Crippen LogP contribution in [0.15, 0.2) is 0 Å². The Bertz CT molecular complexity index is 197. The average Bonchev–Trinajstić information content (AvgIpc) is 2.11. The van der Waals surface area contributed by atoms with Gasteiger partial charge in [0.25, 0.3) is 0 Å². The lowest BCUT2D eigenvalue weighted by Gasteiger charge is -2.12. The van der Waals surface area contributed by atoms with Crippen LogP contribution in [0.25, 0.3) is 0 Å². The Morgan fingerprint density at radius 3 is 2.54 bits per heavy atom. The highest BCUT2D eigenvalue weighted by atomic mass is 32.2. The maximum Gasteiger partial charge on any atom is 0.236 e.